The van der Waals surface area contributed by atoms with E-state index in [1.165, 1.54) is 17.7 Å². The molecule has 2 nitrogen and oxygen atoms in total. The van der Waals surface area contributed by atoms with E-state index in [0.717, 1.165) is 30.4 Å². The van der Waals surface area contributed by atoms with Gasteiger partial charge < -0.3 is 5.32 Å². The highest BCUT2D eigenvalue weighted by atomic mass is 19.1. The number of carbonyl (C=O) groups is 1. The van der Waals surface area contributed by atoms with Gasteiger partial charge in [0.25, 0.3) is 0 Å². The number of hydrogen-bond acceptors (Lipinski definition) is 1. The van der Waals surface area contributed by atoms with E-state index in [2.05, 4.69) is 11.4 Å². The number of aryl methyl sites for hydroxylation is 1. The summed E-state index contributed by atoms with van der Waals surface area (Å²) in [6, 6.07) is 14.4. The highest BCUT2D eigenvalue weighted by Crippen LogP contribution is 2.32. The van der Waals surface area contributed by atoms with Crippen LogP contribution in [0, 0.1) is 5.82 Å². The molecule has 1 aliphatic rings. The first kappa shape index (κ1) is 14.8. The standard InChI is InChI=1S/C19H20FNO/c1-13(15-8-4-9-16(20)12-15)21-19(22)18-11-5-7-14-6-2-3-10-17(14)18/h2-4,6,8-10,12-13,18H,5,7,11H2,1H3,(H,21,22)/t13-,18-/m1/s1. The summed E-state index contributed by atoms with van der Waals surface area (Å²) in [5.74, 6) is -0.341. The Bertz CT molecular complexity index is 683. The molecule has 1 amide bonds. The molecule has 1 N–H and O–H groups in total. The summed E-state index contributed by atoms with van der Waals surface area (Å²) < 4.78 is 13.3. The number of benzene rings is 2. The van der Waals surface area contributed by atoms with Gasteiger partial charge >= 0.3 is 0 Å². The van der Waals surface area contributed by atoms with Crippen LogP contribution in [-0.2, 0) is 11.2 Å². The van der Waals surface area contributed by atoms with E-state index in [4.69, 9.17) is 0 Å². The average molecular weight is 297 g/mol. The molecule has 0 unspecified atom stereocenters. The highest BCUT2D eigenvalue weighted by molar-refractivity contribution is 5.84. The van der Waals surface area contributed by atoms with E-state index >= 15 is 0 Å². The molecule has 0 fully saturated rings. The number of nitrogens with one attached hydrogen (secondary N) is 1. The topological polar surface area (TPSA) is 29.1 Å². The molecule has 0 bridgehead atoms. The molecule has 2 aromatic carbocycles. The molecule has 0 spiro atoms. The second kappa shape index (κ2) is 6.30. The van der Waals surface area contributed by atoms with Crippen molar-refractivity contribution in [3.63, 3.8) is 0 Å². The summed E-state index contributed by atoms with van der Waals surface area (Å²) in [6.45, 7) is 1.89. The van der Waals surface area contributed by atoms with Gasteiger partial charge in [0.05, 0.1) is 12.0 Å². The minimum absolute atomic E-state index is 0.0314. The van der Waals surface area contributed by atoms with Crippen molar-refractivity contribution in [3.05, 3.63) is 71.0 Å². The number of hydrogen-bond donors (Lipinski definition) is 1. The van der Waals surface area contributed by atoms with Crippen molar-refractivity contribution in [2.24, 2.45) is 0 Å². The second-order valence-electron chi connectivity index (χ2n) is 5.93. The number of amides is 1. The molecule has 0 saturated carbocycles. The van der Waals surface area contributed by atoms with Crippen molar-refractivity contribution < 1.29 is 9.18 Å². The van der Waals surface area contributed by atoms with Crippen LogP contribution in [0.1, 0.15) is 48.4 Å². The molecule has 3 rings (SSSR count). The fourth-order valence-corrected chi connectivity index (χ4v) is 3.20. The third-order valence-electron chi connectivity index (χ3n) is 4.39. The van der Waals surface area contributed by atoms with Crippen molar-refractivity contribution in [2.75, 3.05) is 0 Å². The zero-order chi connectivity index (χ0) is 15.5. The lowest BCUT2D eigenvalue weighted by atomic mass is 9.82. The van der Waals surface area contributed by atoms with Crippen LogP contribution in [0.4, 0.5) is 4.39 Å². The summed E-state index contributed by atoms with van der Waals surface area (Å²) in [5, 5.41) is 3.03. The van der Waals surface area contributed by atoms with Crippen LogP contribution >= 0.6 is 0 Å². The van der Waals surface area contributed by atoms with Crippen molar-refractivity contribution in [3.8, 4) is 0 Å². The molecule has 0 heterocycles. The van der Waals surface area contributed by atoms with Crippen LogP contribution in [0.15, 0.2) is 48.5 Å². The number of rotatable bonds is 3. The number of carbonyl (C=O) groups excluding carboxylic acids is 1. The zero-order valence-corrected chi connectivity index (χ0v) is 12.7. The lowest BCUT2D eigenvalue weighted by Crippen LogP contribution is -2.33. The Morgan fingerprint density at radius 3 is 2.86 bits per heavy atom. The first-order valence-corrected chi connectivity index (χ1v) is 7.79. The fourth-order valence-electron chi connectivity index (χ4n) is 3.20. The van der Waals surface area contributed by atoms with Crippen LogP contribution in [0.2, 0.25) is 0 Å². The molecule has 114 valence electrons. The van der Waals surface area contributed by atoms with Crippen molar-refractivity contribution in [2.45, 2.75) is 38.1 Å². The molecule has 0 aromatic heterocycles. The van der Waals surface area contributed by atoms with E-state index in [9.17, 15) is 9.18 Å². The second-order valence-corrected chi connectivity index (χ2v) is 5.93. The Kier molecular flexibility index (Phi) is 4.23. The third-order valence-corrected chi connectivity index (χ3v) is 4.39. The van der Waals surface area contributed by atoms with Gasteiger partial charge in [0.2, 0.25) is 5.91 Å². The normalized spacial score (nSPS) is 18.4. The Morgan fingerprint density at radius 1 is 1.23 bits per heavy atom. The van der Waals surface area contributed by atoms with E-state index in [1.54, 1.807) is 6.07 Å². The van der Waals surface area contributed by atoms with Crippen LogP contribution in [-0.4, -0.2) is 5.91 Å². The summed E-state index contributed by atoms with van der Waals surface area (Å²) in [5.41, 5.74) is 3.20. The minimum Gasteiger partial charge on any atom is -0.349 e. The van der Waals surface area contributed by atoms with Gasteiger partial charge in [0.15, 0.2) is 0 Å². The largest absolute Gasteiger partial charge is 0.349 e. The molecule has 3 heteroatoms. The molecule has 2 atom stereocenters. The molecule has 0 aliphatic heterocycles. The molecular formula is C19H20FNO. The van der Waals surface area contributed by atoms with E-state index in [0.29, 0.717) is 0 Å². The molecule has 0 saturated heterocycles. The highest BCUT2D eigenvalue weighted by Gasteiger charge is 2.27. The van der Waals surface area contributed by atoms with Gasteiger partial charge in [-0.2, -0.15) is 0 Å². The fraction of sp³-hybridized carbons (Fsp3) is 0.316. The Morgan fingerprint density at radius 2 is 2.05 bits per heavy atom. The first-order chi connectivity index (χ1) is 10.6. The third kappa shape index (κ3) is 3.03. The predicted molar refractivity (Wildman–Crippen MR) is 85.1 cm³/mol. The summed E-state index contributed by atoms with van der Waals surface area (Å²) in [6.07, 6.45) is 2.95. The molecule has 1 aliphatic carbocycles. The SMILES string of the molecule is C[C@@H](NC(=O)[C@@H]1CCCc2ccccc21)c1cccc(F)c1. The van der Waals surface area contributed by atoms with Crippen molar-refractivity contribution in [1.29, 1.82) is 0 Å². The van der Waals surface area contributed by atoms with Gasteiger partial charge in [-0.3, -0.25) is 4.79 Å². The molecule has 22 heavy (non-hydrogen) atoms. The average Bonchev–Trinajstić information content (AvgIpc) is 2.54. The van der Waals surface area contributed by atoms with Crippen molar-refractivity contribution in [1.82, 2.24) is 5.32 Å². The molecule has 2 aromatic rings. The quantitative estimate of drug-likeness (QED) is 0.907. The zero-order valence-electron chi connectivity index (χ0n) is 12.7. The Labute approximate surface area is 130 Å². The van der Waals surface area contributed by atoms with Gasteiger partial charge in [-0.15, -0.1) is 0 Å². The number of fused-ring (bicyclic) bond motifs is 1. The smallest absolute Gasteiger partial charge is 0.228 e. The van der Waals surface area contributed by atoms with Gasteiger partial charge in [-0.05, 0) is 55.0 Å². The van der Waals surface area contributed by atoms with E-state index in [1.807, 2.05) is 31.2 Å². The summed E-state index contributed by atoms with van der Waals surface area (Å²) in [7, 11) is 0. The molecular weight excluding hydrogens is 277 g/mol. The van der Waals surface area contributed by atoms with Crippen LogP contribution in [0.3, 0.4) is 0 Å². The lowest BCUT2D eigenvalue weighted by molar-refractivity contribution is -0.123. The van der Waals surface area contributed by atoms with E-state index in [-0.39, 0.29) is 23.7 Å². The van der Waals surface area contributed by atoms with Gasteiger partial charge in [-0.1, -0.05) is 36.4 Å². The predicted octanol–water partition coefficient (Wildman–Crippen LogP) is 4.12. The van der Waals surface area contributed by atoms with Crippen LogP contribution in [0.5, 0.6) is 0 Å². The monoisotopic (exact) mass is 297 g/mol. The Balaban J connectivity index is 1.75. The van der Waals surface area contributed by atoms with Crippen molar-refractivity contribution >= 4 is 5.91 Å². The van der Waals surface area contributed by atoms with E-state index < -0.39 is 0 Å². The lowest BCUT2D eigenvalue weighted by Gasteiger charge is -2.26. The number of halogens is 1. The van der Waals surface area contributed by atoms with Crippen LogP contribution < -0.4 is 5.32 Å². The maximum atomic E-state index is 13.3. The van der Waals surface area contributed by atoms with Gasteiger partial charge in [-0.25, -0.2) is 4.39 Å². The van der Waals surface area contributed by atoms with Gasteiger partial charge in [0, 0.05) is 0 Å². The summed E-state index contributed by atoms with van der Waals surface area (Å²) >= 11 is 0. The maximum absolute atomic E-state index is 13.3. The molecule has 0 radical (unpaired) electrons. The first-order valence-electron chi connectivity index (χ1n) is 7.79. The minimum atomic E-state index is -0.276. The summed E-state index contributed by atoms with van der Waals surface area (Å²) in [4.78, 5) is 12.6. The maximum Gasteiger partial charge on any atom is 0.228 e. The Hall–Kier alpha value is -2.16. The van der Waals surface area contributed by atoms with Gasteiger partial charge in [0.1, 0.15) is 5.82 Å². The van der Waals surface area contributed by atoms with Crippen LogP contribution in [0.25, 0.3) is 0 Å².